The molecule has 0 aliphatic carbocycles. The summed E-state index contributed by atoms with van der Waals surface area (Å²) in [6, 6.07) is 6.75. The van der Waals surface area contributed by atoms with Crippen molar-refractivity contribution >= 4 is 34.6 Å². The number of hydrogen-bond acceptors (Lipinski definition) is 7. The smallest absolute Gasteiger partial charge is 0.307 e. The Morgan fingerprint density at radius 2 is 2.06 bits per heavy atom. The Hall–Kier alpha value is -3.13. The summed E-state index contributed by atoms with van der Waals surface area (Å²) in [6.07, 6.45) is 4.72. The number of ether oxygens (including phenoxy) is 2. The molecule has 3 aromatic rings. The van der Waals surface area contributed by atoms with Crippen LogP contribution >= 0.6 is 11.6 Å². The van der Waals surface area contributed by atoms with Crippen LogP contribution in [0.4, 0.5) is 0 Å². The first kappa shape index (κ1) is 25.0. The average Bonchev–Trinajstić information content (AvgIpc) is 3.26. The zero-order valence-corrected chi connectivity index (χ0v) is 21.0. The summed E-state index contributed by atoms with van der Waals surface area (Å²) in [7, 11) is 1.54. The molecule has 4 rings (SSSR count). The van der Waals surface area contributed by atoms with Crippen LogP contribution in [0.3, 0.4) is 0 Å². The van der Waals surface area contributed by atoms with E-state index in [0.717, 1.165) is 18.5 Å². The molecule has 1 aromatic carbocycles. The summed E-state index contributed by atoms with van der Waals surface area (Å²) in [5, 5.41) is 0.630. The number of methoxy groups -OCH3 is 1. The number of fused-ring (bicyclic) bond motifs is 1. The van der Waals surface area contributed by atoms with Crippen LogP contribution in [0.1, 0.15) is 55.1 Å². The second kappa shape index (κ2) is 11.1. The van der Waals surface area contributed by atoms with Crippen molar-refractivity contribution in [3.63, 3.8) is 0 Å². The van der Waals surface area contributed by atoms with Crippen molar-refractivity contribution in [1.29, 1.82) is 0 Å². The number of carbonyl (C=O) groups is 2. The summed E-state index contributed by atoms with van der Waals surface area (Å²) in [4.78, 5) is 36.4. The van der Waals surface area contributed by atoms with E-state index in [-0.39, 0.29) is 24.3 Å². The molecule has 2 unspecified atom stereocenters. The molecule has 0 N–H and O–H groups in total. The Morgan fingerprint density at radius 1 is 1.23 bits per heavy atom. The molecule has 186 valence electrons. The Labute approximate surface area is 209 Å². The molecule has 0 bridgehead atoms. The quantitative estimate of drug-likeness (QED) is 0.408. The number of pyridine rings is 1. The first-order valence-corrected chi connectivity index (χ1v) is 12.3. The van der Waals surface area contributed by atoms with Gasteiger partial charge in [0, 0.05) is 41.5 Å². The van der Waals surface area contributed by atoms with Crippen molar-refractivity contribution in [3.8, 4) is 5.75 Å². The van der Waals surface area contributed by atoms with Crippen LogP contribution < -0.4 is 4.74 Å². The van der Waals surface area contributed by atoms with Crippen LogP contribution in [0.15, 0.2) is 34.9 Å². The molecule has 2 aromatic heterocycles. The number of carbonyl (C=O) groups excluding carboxylic acids is 2. The molecule has 1 aliphatic rings. The van der Waals surface area contributed by atoms with Crippen molar-refractivity contribution in [2.75, 3.05) is 20.3 Å². The maximum absolute atomic E-state index is 13.6. The molecule has 0 radical (unpaired) electrons. The molecule has 8 nitrogen and oxygen atoms in total. The average molecular weight is 500 g/mol. The number of amides is 1. The van der Waals surface area contributed by atoms with Gasteiger partial charge in [-0.3, -0.25) is 14.6 Å². The van der Waals surface area contributed by atoms with E-state index in [1.807, 2.05) is 6.07 Å². The van der Waals surface area contributed by atoms with E-state index in [0.29, 0.717) is 65.2 Å². The van der Waals surface area contributed by atoms with Gasteiger partial charge < -0.3 is 18.8 Å². The van der Waals surface area contributed by atoms with Gasteiger partial charge in [0.05, 0.1) is 20.1 Å². The summed E-state index contributed by atoms with van der Waals surface area (Å²) < 4.78 is 16.6. The van der Waals surface area contributed by atoms with E-state index in [1.54, 1.807) is 36.2 Å². The minimum absolute atomic E-state index is 0.154. The van der Waals surface area contributed by atoms with Crippen LogP contribution in [0.25, 0.3) is 11.1 Å². The van der Waals surface area contributed by atoms with E-state index < -0.39 is 0 Å². The standard InChI is InChI=1S/C26H30ClN3O5/c1-4-34-24(31)14-20-7-5-16(2)15-30(20)26(32)17-11-21-25(22(12-17)33-3)35-23(29-21)8-6-19-13-18(27)9-10-28-19/h9-13,16,20H,4-8,14-15H2,1-3H3. The molecule has 0 spiro atoms. The van der Waals surface area contributed by atoms with Gasteiger partial charge in [-0.25, -0.2) is 4.98 Å². The Kier molecular flexibility index (Phi) is 7.90. The highest BCUT2D eigenvalue weighted by Crippen LogP contribution is 2.32. The Bertz CT molecular complexity index is 1210. The minimum Gasteiger partial charge on any atom is -0.493 e. The number of oxazole rings is 1. The van der Waals surface area contributed by atoms with Crippen LogP contribution in [0.5, 0.6) is 5.75 Å². The number of hydrogen-bond donors (Lipinski definition) is 0. The highest BCUT2D eigenvalue weighted by molar-refractivity contribution is 6.30. The third-order valence-corrected chi connectivity index (χ3v) is 6.49. The fraction of sp³-hybridized carbons (Fsp3) is 0.462. The summed E-state index contributed by atoms with van der Waals surface area (Å²) >= 11 is 6.05. The number of benzene rings is 1. The topological polar surface area (TPSA) is 94.8 Å². The molecule has 1 fully saturated rings. The van der Waals surface area contributed by atoms with Crippen LogP contribution in [-0.2, 0) is 22.4 Å². The second-order valence-corrected chi connectivity index (χ2v) is 9.34. The maximum atomic E-state index is 13.6. The summed E-state index contributed by atoms with van der Waals surface area (Å²) in [5.74, 6) is 0.877. The highest BCUT2D eigenvalue weighted by Gasteiger charge is 2.33. The van der Waals surface area contributed by atoms with Gasteiger partial charge in [-0.1, -0.05) is 18.5 Å². The second-order valence-electron chi connectivity index (χ2n) is 8.90. The summed E-state index contributed by atoms with van der Waals surface area (Å²) in [5.41, 5.74) is 2.34. The number of piperidine rings is 1. The first-order valence-electron chi connectivity index (χ1n) is 11.9. The number of rotatable bonds is 8. The third kappa shape index (κ3) is 5.93. The lowest BCUT2D eigenvalue weighted by molar-refractivity contribution is -0.144. The number of halogens is 1. The fourth-order valence-electron chi connectivity index (χ4n) is 4.50. The minimum atomic E-state index is -0.284. The van der Waals surface area contributed by atoms with Gasteiger partial charge in [-0.15, -0.1) is 0 Å². The molecule has 9 heteroatoms. The Morgan fingerprint density at radius 3 is 2.80 bits per heavy atom. The van der Waals surface area contributed by atoms with Gasteiger partial charge in [0.25, 0.3) is 5.91 Å². The zero-order valence-electron chi connectivity index (χ0n) is 20.3. The normalized spacial score (nSPS) is 18.0. The zero-order chi connectivity index (χ0) is 24.9. The number of likely N-dealkylation sites (tertiary alicyclic amines) is 1. The molecule has 1 aliphatic heterocycles. The lowest BCUT2D eigenvalue weighted by Gasteiger charge is -2.38. The first-order chi connectivity index (χ1) is 16.9. The monoisotopic (exact) mass is 499 g/mol. The molecule has 0 saturated carbocycles. The Balaban J connectivity index is 1.57. The molecular weight excluding hydrogens is 470 g/mol. The molecule has 1 saturated heterocycles. The van der Waals surface area contributed by atoms with E-state index in [9.17, 15) is 9.59 Å². The molecule has 3 heterocycles. The molecule has 35 heavy (non-hydrogen) atoms. The van der Waals surface area contributed by atoms with Gasteiger partial charge in [0.2, 0.25) is 0 Å². The van der Waals surface area contributed by atoms with Gasteiger partial charge in [0.1, 0.15) is 5.52 Å². The maximum Gasteiger partial charge on any atom is 0.307 e. The SMILES string of the molecule is CCOC(=O)CC1CCC(C)CN1C(=O)c1cc(OC)c2oc(CCc3cc(Cl)ccn3)nc2c1. The van der Waals surface area contributed by atoms with Crippen LogP contribution in [0.2, 0.25) is 5.02 Å². The number of aryl methyl sites for hydroxylation is 2. The van der Waals surface area contributed by atoms with Gasteiger partial charge in [-0.2, -0.15) is 0 Å². The number of esters is 1. The van der Waals surface area contributed by atoms with Crippen LogP contribution in [-0.4, -0.2) is 53.0 Å². The van der Waals surface area contributed by atoms with Crippen molar-refractivity contribution < 1.29 is 23.5 Å². The van der Waals surface area contributed by atoms with E-state index in [4.69, 9.17) is 25.5 Å². The molecule has 2 atom stereocenters. The largest absolute Gasteiger partial charge is 0.493 e. The van der Waals surface area contributed by atoms with Gasteiger partial charge >= 0.3 is 5.97 Å². The highest BCUT2D eigenvalue weighted by atomic mass is 35.5. The third-order valence-electron chi connectivity index (χ3n) is 6.25. The van der Waals surface area contributed by atoms with E-state index in [2.05, 4.69) is 16.9 Å². The van der Waals surface area contributed by atoms with Crippen molar-refractivity contribution in [1.82, 2.24) is 14.9 Å². The lowest BCUT2D eigenvalue weighted by Crippen LogP contribution is -2.47. The molecule has 1 amide bonds. The van der Waals surface area contributed by atoms with E-state index in [1.165, 1.54) is 7.11 Å². The van der Waals surface area contributed by atoms with Gasteiger partial charge in [0.15, 0.2) is 17.2 Å². The molecular formula is C26H30ClN3O5. The summed E-state index contributed by atoms with van der Waals surface area (Å²) in [6.45, 7) is 4.80. The number of nitrogens with zero attached hydrogens (tertiary/aromatic N) is 3. The predicted octanol–water partition coefficient (Wildman–Crippen LogP) is 4.86. The van der Waals surface area contributed by atoms with Crippen molar-refractivity contribution in [2.24, 2.45) is 5.92 Å². The number of aromatic nitrogens is 2. The van der Waals surface area contributed by atoms with Crippen molar-refractivity contribution in [3.05, 3.63) is 52.6 Å². The van der Waals surface area contributed by atoms with E-state index >= 15 is 0 Å². The van der Waals surface area contributed by atoms with Crippen molar-refractivity contribution in [2.45, 2.75) is 52.0 Å². The predicted molar refractivity (Wildman–Crippen MR) is 132 cm³/mol. The van der Waals surface area contributed by atoms with Crippen LogP contribution in [0, 0.1) is 5.92 Å². The fourth-order valence-corrected chi connectivity index (χ4v) is 4.68. The van der Waals surface area contributed by atoms with Gasteiger partial charge in [-0.05, 0) is 56.4 Å². The lowest BCUT2D eigenvalue weighted by atomic mass is 9.91.